The van der Waals surface area contributed by atoms with Gasteiger partial charge in [0.25, 0.3) is 0 Å². The summed E-state index contributed by atoms with van der Waals surface area (Å²) >= 11 is 6.32. The van der Waals surface area contributed by atoms with Crippen LogP contribution in [-0.4, -0.2) is 29.3 Å². The van der Waals surface area contributed by atoms with Crippen molar-refractivity contribution in [3.8, 4) is 0 Å². The summed E-state index contributed by atoms with van der Waals surface area (Å²) in [5.74, 6) is -0.183. The molecule has 0 unspecified atom stereocenters. The van der Waals surface area contributed by atoms with Crippen molar-refractivity contribution >= 4 is 23.4 Å². The van der Waals surface area contributed by atoms with Gasteiger partial charge < -0.3 is 10.2 Å². The molecule has 3 aromatic carbocycles. The lowest BCUT2D eigenvalue weighted by molar-refractivity contribution is -0.141. The van der Waals surface area contributed by atoms with Gasteiger partial charge in [0.15, 0.2) is 0 Å². The highest BCUT2D eigenvalue weighted by atomic mass is 35.5. The van der Waals surface area contributed by atoms with Gasteiger partial charge in [-0.2, -0.15) is 0 Å². The van der Waals surface area contributed by atoms with E-state index in [1.54, 1.807) is 4.90 Å². The Labute approximate surface area is 207 Å². The van der Waals surface area contributed by atoms with Crippen LogP contribution in [-0.2, 0) is 29.0 Å². The molecule has 0 radical (unpaired) electrons. The Morgan fingerprint density at radius 2 is 1.59 bits per heavy atom. The average molecular weight is 477 g/mol. The van der Waals surface area contributed by atoms with Crippen LogP contribution < -0.4 is 5.32 Å². The van der Waals surface area contributed by atoms with Crippen LogP contribution in [0, 0.1) is 6.92 Å². The molecule has 1 atom stereocenters. The van der Waals surface area contributed by atoms with Gasteiger partial charge in [0, 0.05) is 31.0 Å². The Balaban J connectivity index is 1.89. The Bertz CT molecular complexity index is 1070. The largest absolute Gasteiger partial charge is 0.354 e. The second kappa shape index (κ2) is 13.0. The predicted molar refractivity (Wildman–Crippen MR) is 139 cm³/mol. The highest BCUT2D eigenvalue weighted by Gasteiger charge is 2.30. The molecule has 0 heterocycles. The van der Waals surface area contributed by atoms with Gasteiger partial charge in [-0.3, -0.25) is 9.59 Å². The molecule has 0 aliphatic carbocycles. The van der Waals surface area contributed by atoms with E-state index in [4.69, 9.17) is 11.6 Å². The number of aryl methyl sites for hydroxylation is 2. The summed E-state index contributed by atoms with van der Waals surface area (Å²) in [6.07, 6.45) is 2.10. The third-order valence-corrected chi connectivity index (χ3v) is 6.23. The minimum Gasteiger partial charge on any atom is -0.354 e. The lowest BCUT2D eigenvalue weighted by atomic mass is 10.0. The summed E-state index contributed by atoms with van der Waals surface area (Å²) < 4.78 is 0. The van der Waals surface area contributed by atoms with E-state index in [-0.39, 0.29) is 18.2 Å². The fourth-order valence-electron chi connectivity index (χ4n) is 3.90. The summed E-state index contributed by atoms with van der Waals surface area (Å²) in [5, 5.41) is 3.67. The van der Waals surface area contributed by atoms with Crippen LogP contribution in [0.1, 0.15) is 42.0 Å². The third-order valence-electron chi connectivity index (χ3n) is 5.86. The molecule has 0 saturated carbocycles. The molecular formula is C29H33ClN2O2. The average Bonchev–Trinajstić information content (AvgIpc) is 2.85. The van der Waals surface area contributed by atoms with Crippen LogP contribution in [0.25, 0.3) is 0 Å². The van der Waals surface area contributed by atoms with Gasteiger partial charge in [-0.25, -0.2) is 0 Å². The van der Waals surface area contributed by atoms with E-state index in [9.17, 15) is 9.59 Å². The molecule has 2 amide bonds. The Hall–Kier alpha value is -3.11. The van der Waals surface area contributed by atoms with E-state index in [1.807, 2.05) is 92.7 Å². The molecule has 178 valence electrons. The second-order valence-corrected chi connectivity index (χ2v) is 9.00. The second-order valence-electron chi connectivity index (χ2n) is 8.60. The highest BCUT2D eigenvalue weighted by molar-refractivity contribution is 6.31. The normalized spacial score (nSPS) is 11.6. The molecule has 5 heteroatoms. The van der Waals surface area contributed by atoms with Crippen molar-refractivity contribution in [1.29, 1.82) is 0 Å². The summed E-state index contributed by atoms with van der Waals surface area (Å²) in [6, 6.07) is 24.9. The molecule has 0 aromatic heterocycles. The first kappa shape index (κ1) is 25.5. The summed E-state index contributed by atoms with van der Waals surface area (Å²) in [6.45, 7) is 5.01. The van der Waals surface area contributed by atoms with Gasteiger partial charge in [-0.1, -0.05) is 96.9 Å². The Morgan fingerprint density at radius 3 is 2.26 bits per heavy atom. The zero-order chi connectivity index (χ0) is 24.3. The maximum absolute atomic E-state index is 13.6. The molecule has 0 bridgehead atoms. The number of carbonyl (C=O) groups is 2. The zero-order valence-electron chi connectivity index (χ0n) is 20.0. The molecule has 1 N–H and O–H groups in total. The molecule has 34 heavy (non-hydrogen) atoms. The number of nitrogens with zero attached hydrogens (tertiary/aromatic N) is 1. The zero-order valence-corrected chi connectivity index (χ0v) is 20.7. The minimum absolute atomic E-state index is 0.0620. The van der Waals surface area contributed by atoms with E-state index < -0.39 is 6.04 Å². The standard InChI is InChI=1S/C29H33ClN2O2/c1-3-19-31-29(34)27(20-23-9-5-4-6-10-23)32(21-24-15-13-22(2)14-16-24)28(33)18-17-25-11-7-8-12-26(25)30/h4-16,27H,3,17-21H2,1-2H3,(H,31,34)/t27-/m0/s1. The number of carbonyl (C=O) groups excluding carboxylic acids is 2. The number of nitrogens with one attached hydrogen (secondary N) is 1. The van der Waals surface area contributed by atoms with Crippen LogP contribution in [0.15, 0.2) is 78.9 Å². The van der Waals surface area contributed by atoms with Crippen molar-refractivity contribution in [2.24, 2.45) is 0 Å². The maximum atomic E-state index is 13.6. The fourth-order valence-corrected chi connectivity index (χ4v) is 4.13. The number of benzene rings is 3. The van der Waals surface area contributed by atoms with Gasteiger partial charge in [0.2, 0.25) is 11.8 Å². The number of rotatable bonds is 11. The van der Waals surface area contributed by atoms with Crippen LogP contribution in [0.2, 0.25) is 5.02 Å². The van der Waals surface area contributed by atoms with Crippen LogP contribution in [0.3, 0.4) is 0 Å². The van der Waals surface area contributed by atoms with Gasteiger partial charge in [0.05, 0.1) is 0 Å². The van der Waals surface area contributed by atoms with Crippen molar-refractivity contribution in [2.75, 3.05) is 6.54 Å². The van der Waals surface area contributed by atoms with Crippen LogP contribution in [0.5, 0.6) is 0 Å². The van der Waals surface area contributed by atoms with Crippen molar-refractivity contribution in [1.82, 2.24) is 10.2 Å². The lowest BCUT2D eigenvalue weighted by Gasteiger charge is -2.31. The van der Waals surface area contributed by atoms with E-state index in [1.165, 1.54) is 0 Å². The minimum atomic E-state index is -0.603. The quantitative estimate of drug-likeness (QED) is 0.383. The first-order valence-corrected chi connectivity index (χ1v) is 12.3. The lowest BCUT2D eigenvalue weighted by Crippen LogP contribution is -2.50. The molecule has 0 spiro atoms. The first-order valence-electron chi connectivity index (χ1n) is 11.9. The van der Waals surface area contributed by atoms with E-state index in [2.05, 4.69) is 5.32 Å². The number of amides is 2. The summed E-state index contributed by atoms with van der Waals surface area (Å²) in [5.41, 5.74) is 4.11. The predicted octanol–water partition coefficient (Wildman–Crippen LogP) is 5.75. The highest BCUT2D eigenvalue weighted by Crippen LogP contribution is 2.20. The number of halogens is 1. The van der Waals surface area contributed by atoms with E-state index in [0.29, 0.717) is 31.0 Å². The first-order chi connectivity index (χ1) is 16.5. The number of hydrogen-bond acceptors (Lipinski definition) is 2. The van der Waals surface area contributed by atoms with Crippen molar-refractivity contribution < 1.29 is 9.59 Å². The van der Waals surface area contributed by atoms with Gasteiger partial charge in [-0.15, -0.1) is 0 Å². The van der Waals surface area contributed by atoms with Gasteiger partial charge in [-0.05, 0) is 42.5 Å². The molecular weight excluding hydrogens is 444 g/mol. The monoisotopic (exact) mass is 476 g/mol. The van der Waals surface area contributed by atoms with Crippen LogP contribution in [0.4, 0.5) is 0 Å². The third kappa shape index (κ3) is 7.46. The Kier molecular flexibility index (Phi) is 9.72. The SMILES string of the molecule is CCCNC(=O)[C@H](Cc1ccccc1)N(Cc1ccc(C)cc1)C(=O)CCc1ccccc1Cl. The van der Waals surface area contributed by atoms with Crippen molar-refractivity contribution in [2.45, 2.75) is 52.1 Å². The maximum Gasteiger partial charge on any atom is 0.243 e. The topological polar surface area (TPSA) is 49.4 Å². The van der Waals surface area contributed by atoms with Crippen molar-refractivity contribution in [3.63, 3.8) is 0 Å². The molecule has 0 aliphatic heterocycles. The molecule has 4 nitrogen and oxygen atoms in total. The fraction of sp³-hybridized carbons (Fsp3) is 0.310. The molecule has 3 rings (SSSR count). The summed E-state index contributed by atoms with van der Waals surface area (Å²) in [4.78, 5) is 28.6. The van der Waals surface area contributed by atoms with Crippen LogP contribution >= 0.6 is 11.6 Å². The summed E-state index contributed by atoms with van der Waals surface area (Å²) in [7, 11) is 0. The van der Waals surface area contributed by atoms with Crippen molar-refractivity contribution in [3.05, 3.63) is 106 Å². The smallest absolute Gasteiger partial charge is 0.243 e. The van der Waals surface area contributed by atoms with E-state index >= 15 is 0 Å². The van der Waals surface area contributed by atoms with E-state index in [0.717, 1.165) is 28.7 Å². The molecule has 0 fully saturated rings. The molecule has 3 aromatic rings. The molecule has 0 aliphatic rings. The number of hydrogen-bond donors (Lipinski definition) is 1. The van der Waals surface area contributed by atoms with Gasteiger partial charge in [0.1, 0.15) is 6.04 Å². The Morgan fingerprint density at radius 1 is 0.912 bits per heavy atom. The molecule has 0 saturated heterocycles. The van der Waals surface area contributed by atoms with Gasteiger partial charge >= 0.3 is 0 Å².